The number of guanidine groups is 1. The van der Waals surface area contributed by atoms with Gasteiger partial charge in [-0.2, -0.15) is 5.10 Å². The van der Waals surface area contributed by atoms with E-state index >= 15 is 0 Å². The van der Waals surface area contributed by atoms with Crippen molar-refractivity contribution in [3.8, 4) is 0 Å². The van der Waals surface area contributed by atoms with Crippen molar-refractivity contribution in [2.45, 2.75) is 27.3 Å². The number of nitrogens with two attached hydrogens (primary N) is 1. The largest absolute Gasteiger partial charge is 0.370 e. The lowest BCUT2D eigenvalue weighted by Crippen LogP contribution is -2.34. The minimum absolute atomic E-state index is 0.497. The summed E-state index contributed by atoms with van der Waals surface area (Å²) < 4.78 is 1.79. The molecule has 0 aromatic carbocycles. The summed E-state index contributed by atoms with van der Waals surface area (Å²) in [6.07, 6.45) is 1.97. The first-order chi connectivity index (χ1) is 7.49. The van der Waals surface area contributed by atoms with E-state index in [1.165, 1.54) is 0 Å². The molecule has 16 heavy (non-hydrogen) atoms. The first-order valence-corrected chi connectivity index (χ1v) is 5.52. The molecule has 0 fully saturated rings. The van der Waals surface area contributed by atoms with Crippen LogP contribution < -0.4 is 11.1 Å². The van der Waals surface area contributed by atoms with Gasteiger partial charge in [0.1, 0.15) is 0 Å². The van der Waals surface area contributed by atoms with Gasteiger partial charge in [-0.15, -0.1) is 0 Å². The minimum atomic E-state index is 0.497. The van der Waals surface area contributed by atoms with Crippen molar-refractivity contribution >= 4 is 5.96 Å². The Morgan fingerprint density at radius 1 is 1.62 bits per heavy atom. The van der Waals surface area contributed by atoms with Crippen molar-refractivity contribution in [1.82, 2.24) is 15.1 Å². The molecule has 0 saturated heterocycles. The average Bonchev–Trinajstić information content (AvgIpc) is 2.51. The van der Waals surface area contributed by atoms with Gasteiger partial charge in [-0.25, -0.2) is 4.99 Å². The monoisotopic (exact) mass is 223 g/mol. The Hall–Kier alpha value is -1.52. The second-order valence-corrected chi connectivity index (χ2v) is 4.39. The Morgan fingerprint density at radius 3 is 2.81 bits per heavy atom. The Morgan fingerprint density at radius 2 is 2.31 bits per heavy atom. The van der Waals surface area contributed by atoms with Crippen molar-refractivity contribution in [2.75, 3.05) is 6.54 Å². The van der Waals surface area contributed by atoms with E-state index in [0.717, 1.165) is 17.8 Å². The number of nitrogens with zero attached hydrogens (tertiary/aromatic N) is 3. The van der Waals surface area contributed by atoms with E-state index in [4.69, 9.17) is 5.73 Å². The first-order valence-electron chi connectivity index (χ1n) is 5.52. The number of hydrogen-bond acceptors (Lipinski definition) is 2. The smallest absolute Gasteiger partial charge is 0.188 e. The number of aryl methyl sites for hydroxylation is 2. The maximum atomic E-state index is 5.74. The van der Waals surface area contributed by atoms with Gasteiger partial charge in [-0.05, 0) is 12.8 Å². The molecule has 0 aliphatic carbocycles. The lowest BCUT2D eigenvalue weighted by Gasteiger charge is -2.07. The second kappa shape index (κ2) is 5.53. The third kappa shape index (κ3) is 3.92. The lowest BCUT2D eigenvalue weighted by atomic mass is 10.2. The summed E-state index contributed by atoms with van der Waals surface area (Å²) in [4.78, 5) is 4.27. The first kappa shape index (κ1) is 12.5. The van der Waals surface area contributed by atoms with Gasteiger partial charge in [0.05, 0.1) is 12.2 Å². The van der Waals surface area contributed by atoms with Crippen LogP contribution in [0.25, 0.3) is 0 Å². The van der Waals surface area contributed by atoms with E-state index in [1.54, 1.807) is 4.68 Å². The highest BCUT2D eigenvalue weighted by molar-refractivity contribution is 5.77. The summed E-state index contributed by atoms with van der Waals surface area (Å²) in [5, 5.41) is 7.33. The van der Waals surface area contributed by atoms with Crippen LogP contribution in [-0.4, -0.2) is 22.3 Å². The van der Waals surface area contributed by atoms with Crippen LogP contribution in [0.15, 0.2) is 11.2 Å². The molecule has 1 heterocycles. The zero-order chi connectivity index (χ0) is 12.1. The molecule has 0 amide bonds. The summed E-state index contributed by atoms with van der Waals surface area (Å²) in [7, 11) is 1.90. The van der Waals surface area contributed by atoms with Crippen molar-refractivity contribution in [1.29, 1.82) is 0 Å². The maximum Gasteiger partial charge on any atom is 0.188 e. The van der Waals surface area contributed by atoms with Gasteiger partial charge in [0.25, 0.3) is 0 Å². The van der Waals surface area contributed by atoms with Crippen LogP contribution in [0.5, 0.6) is 0 Å². The molecule has 3 N–H and O–H groups in total. The molecule has 5 nitrogen and oxygen atoms in total. The Balaban J connectivity index is 2.49. The number of aliphatic imine (C=N–C) groups is 1. The van der Waals surface area contributed by atoms with Crippen LogP contribution in [0, 0.1) is 12.8 Å². The van der Waals surface area contributed by atoms with Crippen molar-refractivity contribution in [3.05, 3.63) is 17.5 Å². The highest BCUT2D eigenvalue weighted by Crippen LogP contribution is 2.05. The number of hydrogen-bond donors (Lipinski definition) is 2. The van der Waals surface area contributed by atoms with E-state index in [2.05, 4.69) is 29.3 Å². The Labute approximate surface area is 96.7 Å². The number of rotatable bonds is 4. The van der Waals surface area contributed by atoms with Gasteiger partial charge in [0.15, 0.2) is 5.96 Å². The van der Waals surface area contributed by atoms with E-state index < -0.39 is 0 Å². The molecule has 0 aliphatic rings. The molecule has 0 saturated carbocycles. The summed E-state index contributed by atoms with van der Waals surface area (Å²) in [5.74, 6) is 1.06. The fourth-order valence-corrected chi connectivity index (χ4v) is 1.34. The third-order valence-electron chi connectivity index (χ3n) is 2.23. The van der Waals surface area contributed by atoms with Crippen molar-refractivity contribution in [3.63, 3.8) is 0 Å². The molecular weight excluding hydrogens is 202 g/mol. The van der Waals surface area contributed by atoms with Crippen LogP contribution in [-0.2, 0) is 13.6 Å². The molecule has 0 spiro atoms. The lowest BCUT2D eigenvalue weighted by molar-refractivity contribution is 0.622. The quantitative estimate of drug-likeness (QED) is 0.585. The van der Waals surface area contributed by atoms with Gasteiger partial charge in [-0.1, -0.05) is 13.8 Å². The third-order valence-corrected chi connectivity index (χ3v) is 2.23. The fourth-order valence-electron chi connectivity index (χ4n) is 1.34. The molecule has 0 aliphatic heterocycles. The van der Waals surface area contributed by atoms with Crippen molar-refractivity contribution < 1.29 is 0 Å². The summed E-state index contributed by atoms with van der Waals surface area (Å²) in [5.41, 5.74) is 7.85. The predicted octanol–water partition coefficient (Wildman–Crippen LogP) is 0.789. The maximum absolute atomic E-state index is 5.74. The zero-order valence-corrected chi connectivity index (χ0v) is 10.5. The van der Waals surface area contributed by atoms with E-state index in [9.17, 15) is 0 Å². The van der Waals surface area contributed by atoms with Gasteiger partial charge in [-0.3, -0.25) is 4.68 Å². The molecule has 0 unspecified atom stereocenters. The molecule has 90 valence electrons. The van der Waals surface area contributed by atoms with E-state index in [1.807, 2.05) is 20.2 Å². The van der Waals surface area contributed by atoms with Crippen LogP contribution >= 0.6 is 0 Å². The van der Waals surface area contributed by atoms with Crippen LogP contribution in [0.1, 0.15) is 25.1 Å². The minimum Gasteiger partial charge on any atom is -0.370 e. The van der Waals surface area contributed by atoms with Gasteiger partial charge in [0.2, 0.25) is 0 Å². The second-order valence-electron chi connectivity index (χ2n) is 4.39. The van der Waals surface area contributed by atoms with Gasteiger partial charge >= 0.3 is 0 Å². The highest BCUT2D eigenvalue weighted by Gasteiger charge is 2.02. The van der Waals surface area contributed by atoms with Gasteiger partial charge < -0.3 is 11.1 Å². The fraction of sp³-hybridized carbons (Fsp3) is 0.636. The molecule has 0 radical (unpaired) electrons. The van der Waals surface area contributed by atoms with Gasteiger partial charge in [0, 0.05) is 25.4 Å². The molecular formula is C11H21N5. The van der Waals surface area contributed by atoms with Crippen LogP contribution in [0.3, 0.4) is 0 Å². The molecule has 1 aromatic rings. The Kier molecular flexibility index (Phi) is 4.34. The molecule has 5 heteroatoms. The molecule has 0 atom stereocenters. The average molecular weight is 223 g/mol. The van der Waals surface area contributed by atoms with E-state index in [0.29, 0.717) is 18.4 Å². The number of aromatic nitrogens is 2. The standard InChI is InChI=1S/C11H21N5/c1-8(2)5-13-11(12)14-6-10-7-16(4)15-9(10)3/h7-8H,5-6H2,1-4H3,(H3,12,13,14). The summed E-state index contributed by atoms with van der Waals surface area (Å²) >= 11 is 0. The Bertz CT molecular complexity index is 364. The van der Waals surface area contributed by atoms with Crippen LogP contribution in [0.2, 0.25) is 0 Å². The van der Waals surface area contributed by atoms with E-state index in [-0.39, 0.29) is 0 Å². The molecule has 1 aromatic heterocycles. The van der Waals surface area contributed by atoms with Crippen LogP contribution in [0.4, 0.5) is 0 Å². The zero-order valence-electron chi connectivity index (χ0n) is 10.5. The predicted molar refractivity (Wildman–Crippen MR) is 66.1 cm³/mol. The summed E-state index contributed by atoms with van der Waals surface area (Å²) in [6, 6.07) is 0. The topological polar surface area (TPSA) is 68.2 Å². The van der Waals surface area contributed by atoms with Crippen molar-refractivity contribution in [2.24, 2.45) is 23.7 Å². The SMILES string of the molecule is Cc1nn(C)cc1CN=C(N)NCC(C)C. The summed E-state index contributed by atoms with van der Waals surface area (Å²) in [6.45, 7) is 7.66. The molecule has 0 bridgehead atoms. The highest BCUT2D eigenvalue weighted by atomic mass is 15.3. The molecule has 1 rings (SSSR count). The number of nitrogens with one attached hydrogen (secondary N) is 1. The normalized spacial score (nSPS) is 12.2.